The van der Waals surface area contributed by atoms with Gasteiger partial charge in [-0.3, -0.25) is 4.90 Å². The quantitative estimate of drug-likeness (QED) is 0.822. The molecule has 0 bridgehead atoms. The molecule has 3 atom stereocenters. The Morgan fingerprint density at radius 1 is 1.56 bits per heavy atom. The molecule has 1 aromatic heterocycles. The molecule has 0 radical (unpaired) electrons. The predicted molar refractivity (Wildman–Crippen MR) is 69.4 cm³/mol. The number of aromatic nitrogens is 2. The molecule has 0 aliphatic carbocycles. The van der Waals surface area contributed by atoms with Crippen LogP contribution in [-0.2, 0) is 17.7 Å². The molecule has 2 aliphatic heterocycles. The van der Waals surface area contributed by atoms with Gasteiger partial charge in [0, 0.05) is 38.2 Å². The van der Waals surface area contributed by atoms with Gasteiger partial charge in [0.05, 0.1) is 23.8 Å². The molecule has 3 heterocycles. The minimum Gasteiger partial charge on any atom is -0.377 e. The lowest BCUT2D eigenvalue weighted by atomic mass is 10.0. The fraction of sp³-hybridized carbons (Fsp3) is 0.769. The minimum atomic E-state index is 0.361. The summed E-state index contributed by atoms with van der Waals surface area (Å²) in [5.41, 5.74) is 2.47. The van der Waals surface area contributed by atoms with Gasteiger partial charge >= 0.3 is 0 Å². The Balaban J connectivity index is 1.57. The van der Waals surface area contributed by atoms with Crippen molar-refractivity contribution in [3.05, 3.63) is 17.7 Å². The molecular formula is C13H22N4O. The third-order valence-corrected chi connectivity index (χ3v) is 4.23. The zero-order valence-electron chi connectivity index (χ0n) is 11.1. The van der Waals surface area contributed by atoms with Crippen LogP contribution in [0.3, 0.4) is 0 Å². The van der Waals surface area contributed by atoms with E-state index in [1.807, 2.05) is 0 Å². The Kier molecular flexibility index (Phi) is 3.37. The normalized spacial score (nSPS) is 31.8. The van der Waals surface area contributed by atoms with Crippen LogP contribution in [0.15, 0.2) is 6.33 Å². The van der Waals surface area contributed by atoms with E-state index in [1.54, 1.807) is 6.33 Å². The second-order valence-electron chi connectivity index (χ2n) is 5.48. The highest BCUT2D eigenvalue weighted by Gasteiger charge is 2.30. The van der Waals surface area contributed by atoms with Crippen LogP contribution < -0.4 is 5.32 Å². The van der Waals surface area contributed by atoms with E-state index in [1.165, 1.54) is 11.4 Å². The van der Waals surface area contributed by atoms with Crippen molar-refractivity contribution in [2.24, 2.45) is 0 Å². The van der Waals surface area contributed by atoms with Crippen LogP contribution in [0.4, 0.5) is 0 Å². The predicted octanol–water partition coefficient (Wildman–Crippen LogP) is 0.533. The van der Waals surface area contributed by atoms with Gasteiger partial charge in [0.2, 0.25) is 0 Å². The number of hydrogen-bond donors (Lipinski definition) is 2. The molecule has 5 nitrogen and oxygen atoms in total. The van der Waals surface area contributed by atoms with E-state index in [9.17, 15) is 0 Å². The molecule has 18 heavy (non-hydrogen) atoms. The first-order valence-corrected chi connectivity index (χ1v) is 6.80. The lowest BCUT2D eigenvalue weighted by Crippen LogP contribution is -2.48. The topological polar surface area (TPSA) is 53.2 Å². The molecule has 2 N–H and O–H groups in total. The molecule has 3 rings (SSSR count). The highest BCUT2D eigenvalue weighted by atomic mass is 16.5. The standard InChI is InChI=1S/C13H22N4O/c1-9-13(3-4-18-9)17(2)7-10-5-11-12(6-14-10)16-8-15-11/h8-10,13-14H,3-7H2,1-2H3,(H,15,16). The summed E-state index contributed by atoms with van der Waals surface area (Å²) in [5, 5.41) is 3.58. The van der Waals surface area contributed by atoms with Crippen molar-refractivity contribution in [1.29, 1.82) is 0 Å². The summed E-state index contributed by atoms with van der Waals surface area (Å²) in [7, 11) is 2.21. The van der Waals surface area contributed by atoms with E-state index < -0.39 is 0 Å². The van der Waals surface area contributed by atoms with Gasteiger partial charge in [-0.1, -0.05) is 0 Å². The second-order valence-corrected chi connectivity index (χ2v) is 5.48. The molecule has 0 aromatic carbocycles. The van der Waals surface area contributed by atoms with Crippen molar-refractivity contribution >= 4 is 0 Å². The Bertz CT molecular complexity index is 405. The van der Waals surface area contributed by atoms with Crippen LogP contribution in [0.1, 0.15) is 24.7 Å². The molecular weight excluding hydrogens is 228 g/mol. The average molecular weight is 250 g/mol. The number of aromatic amines is 1. The molecule has 2 aliphatic rings. The van der Waals surface area contributed by atoms with Gasteiger partial charge in [-0.25, -0.2) is 4.98 Å². The molecule has 0 spiro atoms. The Morgan fingerprint density at radius 3 is 3.22 bits per heavy atom. The van der Waals surface area contributed by atoms with Gasteiger partial charge in [-0.05, 0) is 20.4 Å². The molecule has 0 saturated carbocycles. The second kappa shape index (κ2) is 4.99. The zero-order valence-corrected chi connectivity index (χ0v) is 11.1. The summed E-state index contributed by atoms with van der Waals surface area (Å²) in [6, 6.07) is 1.06. The summed E-state index contributed by atoms with van der Waals surface area (Å²) in [6.45, 7) is 5.04. The summed E-state index contributed by atoms with van der Waals surface area (Å²) < 4.78 is 5.64. The van der Waals surface area contributed by atoms with E-state index in [-0.39, 0.29) is 0 Å². The summed E-state index contributed by atoms with van der Waals surface area (Å²) in [5.74, 6) is 0. The van der Waals surface area contributed by atoms with Crippen molar-refractivity contribution in [2.75, 3.05) is 20.2 Å². The summed E-state index contributed by atoms with van der Waals surface area (Å²) >= 11 is 0. The number of fused-ring (bicyclic) bond motifs is 1. The average Bonchev–Trinajstić information content (AvgIpc) is 2.96. The SMILES string of the molecule is CC1OCCC1N(C)CC1Cc2nc[nH]c2CN1. The van der Waals surface area contributed by atoms with Crippen LogP contribution in [0.5, 0.6) is 0 Å². The minimum absolute atomic E-state index is 0.361. The van der Waals surface area contributed by atoms with Gasteiger partial charge in [0.15, 0.2) is 0 Å². The maximum Gasteiger partial charge on any atom is 0.0925 e. The van der Waals surface area contributed by atoms with Crippen LogP contribution in [0.25, 0.3) is 0 Å². The van der Waals surface area contributed by atoms with Gasteiger partial charge in [-0.15, -0.1) is 0 Å². The third-order valence-electron chi connectivity index (χ3n) is 4.23. The number of nitrogens with zero attached hydrogens (tertiary/aromatic N) is 2. The Morgan fingerprint density at radius 2 is 2.44 bits per heavy atom. The Hall–Kier alpha value is -0.910. The molecule has 1 saturated heterocycles. The third kappa shape index (κ3) is 2.30. The van der Waals surface area contributed by atoms with E-state index >= 15 is 0 Å². The number of rotatable bonds is 3. The van der Waals surface area contributed by atoms with Crippen LogP contribution in [0.2, 0.25) is 0 Å². The number of nitrogens with one attached hydrogen (secondary N) is 2. The fourth-order valence-electron chi connectivity index (χ4n) is 3.14. The highest BCUT2D eigenvalue weighted by Crippen LogP contribution is 2.20. The monoisotopic (exact) mass is 250 g/mol. The van der Waals surface area contributed by atoms with E-state index in [0.29, 0.717) is 18.2 Å². The highest BCUT2D eigenvalue weighted by molar-refractivity contribution is 5.16. The first-order chi connectivity index (χ1) is 8.74. The van der Waals surface area contributed by atoms with Crippen molar-refractivity contribution in [3.8, 4) is 0 Å². The number of hydrogen-bond acceptors (Lipinski definition) is 4. The lowest BCUT2D eigenvalue weighted by molar-refractivity contribution is 0.0799. The Labute approximate surface area is 108 Å². The van der Waals surface area contributed by atoms with Gasteiger partial charge in [-0.2, -0.15) is 0 Å². The number of likely N-dealkylation sites (N-methyl/N-ethyl adjacent to an activating group) is 1. The summed E-state index contributed by atoms with van der Waals surface area (Å²) in [4.78, 5) is 10.0. The first kappa shape index (κ1) is 12.1. The molecule has 0 amide bonds. The van der Waals surface area contributed by atoms with Crippen molar-refractivity contribution in [2.45, 2.75) is 44.5 Å². The fourth-order valence-corrected chi connectivity index (χ4v) is 3.14. The number of ether oxygens (including phenoxy) is 1. The lowest BCUT2D eigenvalue weighted by Gasteiger charge is -2.32. The maximum atomic E-state index is 5.64. The summed E-state index contributed by atoms with van der Waals surface area (Å²) in [6.07, 6.45) is 4.33. The van der Waals surface area contributed by atoms with Crippen molar-refractivity contribution in [3.63, 3.8) is 0 Å². The van der Waals surface area contributed by atoms with Gasteiger partial charge in [0.1, 0.15) is 0 Å². The number of H-pyrrole nitrogens is 1. The molecule has 1 aromatic rings. The largest absolute Gasteiger partial charge is 0.377 e. The van der Waals surface area contributed by atoms with Crippen LogP contribution in [0, 0.1) is 0 Å². The van der Waals surface area contributed by atoms with E-state index in [2.05, 4.69) is 34.2 Å². The van der Waals surface area contributed by atoms with Gasteiger partial charge < -0.3 is 15.0 Å². The molecule has 3 unspecified atom stereocenters. The zero-order chi connectivity index (χ0) is 12.5. The van der Waals surface area contributed by atoms with Crippen LogP contribution >= 0.6 is 0 Å². The maximum absolute atomic E-state index is 5.64. The van der Waals surface area contributed by atoms with Crippen molar-refractivity contribution in [1.82, 2.24) is 20.2 Å². The van der Waals surface area contributed by atoms with Crippen LogP contribution in [-0.4, -0.2) is 53.3 Å². The van der Waals surface area contributed by atoms with Gasteiger partial charge in [0.25, 0.3) is 0 Å². The smallest absolute Gasteiger partial charge is 0.0925 e. The molecule has 100 valence electrons. The number of imidazole rings is 1. The molecule has 1 fully saturated rings. The van der Waals surface area contributed by atoms with E-state index in [4.69, 9.17) is 4.74 Å². The molecule has 5 heteroatoms. The van der Waals surface area contributed by atoms with Crippen molar-refractivity contribution < 1.29 is 4.74 Å². The van der Waals surface area contributed by atoms with E-state index in [0.717, 1.165) is 32.5 Å². The first-order valence-electron chi connectivity index (χ1n) is 6.80.